The highest BCUT2D eigenvalue weighted by molar-refractivity contribution is 5.68. The largest absolute Gasteiger partial charge is 0.431 e. The Hall–Kier alpha value is -0.770. The van der Waals surface area contributed by atoms with Crippen LogP contribution in [0.4, 0.5) is 4.79 Å². The number of alkyl carbamates (subject to hydrolysis) is 1. The lowest BCUT2D eigenvalue weighted by Crippen LogP contribution is -2.43. The Labute approximate surface area is 73.5 Å². The van der Waals surface area contributed by atoms with Crippen LogP contribution in [0, 0.1) is 0 Å². The van der Waals surface area contributed by atoms with E-state index in [2.05, 4.69) is 5.32 Å². The van der Waals surface area contributed by atoms with Crippen molar-refractivity contribution < 1.29 is 9.53 Å². The summed E-state index contributed by atoms with van der Waals surface area (Å²) in [6.07, 6.45) is -0.346. The van der Waals surface area contributed by atoms with Gasteiger partial charge in [-0.25, -0.2) is 4.79 Å². The molecule has 3 N–H and O–H groups in total. The van der Waals surface area contributed by atoms with Crippen molar-refractivity contribution in [1.82, 2.24) is 5.32 Å². The van der Waals surface area contributed by atoms with E-state index in [1.54, 1.807) is 0 Å². The molecule has 0 bridgehead atoms. The first kappa shape index (κ1) is 11.2. The van der Waals surface area contributed by atoms with Gasteiger partial charge in [0.05, 0.1) is 0 Å². The normalized spacial score (nSPS) is 13.8. The van der Waals surface area contributed by atoms with Gasteiger partial charge in [0.25, 0.3) is 0 Å². The molecule has 12 heavy (non-hydrogen) atoms. The molecular formula is C8H18N2O2. The molecule has 0 rings (SSSR count). The minimum absolute atomic E-state index is 0.273. The molecule has 1 atom stereocenters. The van der Waals surface area contributed by atoms with Gasteiger partial charge in [0.15, 0.2) is 6.23 Å². The van der Waals surface area contributed by atoms with Gasteiger partial charge in [0.1, 0.15) is 0 Å². The highest BCUT2D eigenvalue weighted by atomic mass is 16.6. The van der Waals surface area contributed by atoms with E-state index in [-0.39, 0.29) is 5.54 Å². The zero-order chi connectivity index (χ0) is 9.78. The molecule has 4 heteroatoms. The lowest BCUT2D eigenvalue weighted by molar-refractivity contribution is 0.0923. The third-order valence-electron chi connectivity index (χ3n) is 1.14. The van der Waals surface area contributed by atoms with Crippen LogP contribution in [0.5, 0.6) is 0 Å². The lowest BCUT2D eigenvalue weighted by atomic mass is 10.1. The molecule has 0 aliphatic carbocycles. The number of hydrogen-bond acceptors (Lipinski definition) is 3. The number of amides is 1. The Morgan fingerprint density at radius 1 is 1.58 bits per heavy atom. The third kappa shape index (κ3) is 5.97. The summed E-state index contributed by atoms with van der Waals surface area (Å²) in [5.41, 5.74) is 5.14. The van der Waals surface area contributed by atoms with Crippen molar-refractivity contribution in [1.29, 1.82) is 0 Å². The fourth-order valence-corrected chi connectivity index (χ4v) is 0.556. The fourth-order valence-electron chi connectivity index (χ4n) is 0.556. The maximum Gasteiger partial charge on any atom is 0.409 e. The SMILES string of the molecule is CCC(N)OC(=O)NC(C)(C)C. The maximum atomic E-state index is 11.0. The first-order valence-electron chi connectivity index (χ1n) is 4.09. The molecule has 0 saturated heterocycles. The topological polar surface area (TPSA) is 64.3 Å². The van der Waals surface area contributed by atoms with E-state index in [1.807, 2.05) is 27.7 Å². The van der Waals surface area contributed by atoms with Crippen LogP contribution in [-0.2, 0) is 4.74 Å². The number of nitrogens with one attached hydrogen (secondary N) is 1. The summed E-state index contributed by atoms with van der Waals surface area (Å²) in [7, 11) is 0. The number of hydrogen-bond donors (Lipinski definition) is 2. The van der Waals surface area contributed by atoms with Crippen LogP contribution in [0.3, 0.4) is 0 Å². The van der Waals surface area contributed by atoms with Crippen LogP contribution in [0.15, 0.2) is 0 Å². The average Bonchev–Trinajstić information content (AvgIpc) is 1.82. The van der Waals surface area contributed by atoms with Gasteiger partial charge >= 0.3 is 6.09 Å². The summed E-state index contributed by atoms with van der Waals surface area (Å²) in [4.78, 5) is 11.0. The van der Waals surface area contributed by atoms with E-state index in [4.69, 9.17) is 10.5 Å². The quantitative estimate of drug-likeness (QED) is 0.618. The van der Waals surface area contributed by atoms with E-state index in [0.717, 1.165) is 0 Å². The molecule has 0 aromatic heterocycles. The van der Waals surface area contributed by atoms with Gasteiger partial charge in [0, 0.05) is 5.54 Å². The van der Waals surface area contributed by atoms with E-state index < -0.39 is 12.3 Å². The Morgan fingerprint density at radius 2 is 2.08 bits per heavy atom. The molecule has 0 aliphatic heterocycles. The number of carbonyl (C=O) groups excluding carboxylic acids is 1. The zero-order valence-electron chi connectivity index (χ0n) is 8.18. The molecule has 0 aromatic rings. The molecule has 0 heterocycles. The van der Waals surface area contributed by atoms with Crippen molar-refractivity contribution in [2.45, 2.75) is 45.9 Å². The molecule has 1 amide bonds. The number of ether oxygens (including phenoxy) is 1. The number of carbonyl (C=O) groups is 1. The first-order chi connectivity index (χ1) is 5.35. The van der Waals surface area contributed by atoms with E-state index in [1.165, 1.54) is 0 Å². The first-order valence-corrected chi connectivity index (χ1v) is 4.09. The monoisotopic (exact) mass is 174 g/mol. The van der Waals surface area contributed by atoms with Gasteiger partial charge in [-0.1, -0.05) is 6.92 Å². The van der Waals surface area contributed by atoms with Crippen LogP contribution in [0.1, 0.15) is 34.1 Å². The Morgan fingerprint density at radius 3 is 2.42 bits per heavy atom. The summed E-state index contributed by atoms with van der Waals surface area (Å²) in [5, 5.41) is 2.64. The molecule has 4 nitrogen and oxygen atoms in total. The molecule has 0 radical (unpaired) electrons. The van der Waals surface area contributed by atoms with Crippen molar-refractivity contribution in [3.63, 3.8) is 0 Å². The lowest BCUT2D eigenvalue weighted by Gasteiger charge is -2.21. The number of rotatable bonds is 2. The number of nitrogens with two attached hydrogens (primary N) is 1. The molecule has 0 spiro atoms. The van der Waals surface area contributed by atoms with Crippen LogP contribution in [0.25, 0.3) is 0 Å². The van der Waals surface area contributed by atoms with Gasteiger partial charge in [-0.2, -0.15) is 0 Å². The molecule has 72 valence electrons. The molecule has 0 aliphatic rings. The van der Waals surface area contributed by atoms with Gasteiger partial charge in [-0.15, -0.1) is 0 Å². The smallest absolute Gasteiger partial charge is 0.409 e. The van der Waals surface area contributed by atoms with Gasteiger partial charge in [-0.05, 0) is 27.2 Å². The standard InChI is InChI=1S/C8H18N2O2/c1-5-6(9)12-7(11)10-8(2,3)4/h6H,5,9H2,1-4H3,(H,10,11). The van der Waals surface area contributed by atoms with Crippen LogP contribution in [-0.4, -0.2) is 17.9 Å². The summed E-state index contributed by atoms with van der Waals surface area (Å²) < 4.78 is 4.80. The second-order valence-corrected chi connectivity index (χ2v) is 3.73. The second-order valence-electron chi connectivity index (χ2n) is 3.73. The molecule has 0 aromatic carbocycles. The molecular weight excluding hydrogens is 156 g/mol. The van der Waals surface area contributed by atoms with Crippen molar-refractivity contribution in [2.24, 2.45) is 5.73 Å². The van der Waals surface area contributed by atoms with Crippen molar-refractivity contribution in [3.8, 4) is 0 Å². The minimum Gasteiger partial charge on any atom is -0.431 e. The van der Waals surface area contributed by atoms with E-state index >= 15 is 0 Å². The zero-order valence-corrected chi connectivity index (χ0v) is 8.18. The van der Waals surface area contributed by atoms with E-state index in [0.29, 0.717) is 6.42 Å². The third-order valence-corrected chi connectivity index (χ3v) is 1.14. The van der Waals surface area contributed by atoms with Gasteiger partial charge in [0.2, 0.25) is 0 Å². The van der Waals surface area contributed by atoms with Gasteiger partial charge in [-0.3, -0.25) is 5.73 Å². The summed E-state index contributed by atoms with van der Waals surface area (Å²) in [6, 6.07) is 0. The van der Waals surface area contributed by atoms with Crippen molar-refractivity contribution >= 4 is 6.09 Å². The highest BCUT2D eigenvalue weighted by Gasteiger charge is 2.15. The van der Waals surface area contributed by atoms with Gasteiger partial charge < -0.3 is 10.1 Å². The van der Waals surface area contributed by atoms with Crippen molar-refractivity contribution in [3.05, 3.63) is 0 Å². The minimum atomic E-state index is -0.507. The summed E-state index contributed by atoms with van der Waals surface area (Å²) in [6.45, 7) is 7.50. The van der Waals surface area contributed by atoms with Crippen LogP contribution < -0.4 is 11.1 Å². The Balaban J connectivity index is 3.75. The predicted octanol–water partition coefficient (Wildman–Crippen LogP) is 1.21. The van der Waals surface area contributed by atoms with Crippen LogP contribution in [0.2, 0.25) is 0 Å². The highest BCUT2D eigenvalue weighted by Crippen LogP contribution is 2.00. The van der Waals surface area contributed by atoms with Crippen molar-refractivity contribution in [2.75, 3.05) is 0 Å². The second kappa shape index (κ2) is 4.30. The summed E-state index contributed by atoms with van der Waals surface area (Å²) in [5.74, 6) is 0. The fraction of sp³-hybridized carbons (Fsp3) is 0.875. The average molecular weight is 174 g/mol. The Kier molecular flexibility index (Phi) is 4.03. The maximum absolute atomic E-state index is 11.0. The Bertz CT molecular complexity index is 152. The molecule has 0 fully saturated rings. The molecule has 1 unspecified atom stereocenters. The predicted molar refractivity (Wildman–Crippen MR) is 47.6 cm³/mol. The summed E-state index contributed by atoms with van der Waals surface area (Å²) >= 11 is 0. The van der Waals surface area contributed by atoms with E-state index in [9.17, 15) is 4.79 Å². The molecule has 0 saturated carbocycles. The van der Waals surface area contributed by atoms with Crippen LogP contribution >= 0.6 is 0 Å².